The number of hydrogen-bond acceptors (Lipinski definition) is 3. The highest BCUT2D eigenvalue weighted by molar-refractivity contribution is 6.33. The maximum absolute atomic E-state index is 13.1. The number of imidazole rings is 1. The fourth-order valence-corrected chi connectivity index (χ4v) is 4.90. The lowest BCUT2D eigenvalue weighted by Gasteiger charge is -2.23. The van der Waals surface area contributed by atoms with E-state index in [4.69, 9.17) is 11.6 Å². The van der Waals surface area contributed by atoms with Crippen LogP contribution in [-0.2, 0) is 16.0 Å². The highest BCUT2D eigenvalue weighted by Crippen LogP contribution is 2.33. The Balaban J connectivity index is 1.28. The van der Waals surface area contributed by atoms with E-state index >= 15 is 0 Å². The van der Waals surface area contributed by atoms with Crippen molar-refractivity contribution < 1.29 is 9.59 Å². The minimum atomic E-state index is -0.0553. The molecular weight excluding hydrogens is 424 g/mol. The first kappa shape index (κ1) is 20.8. The van der Waals surface area contributed by atoms with Crippen LogP contribution in [0.5, 0.6) is 0 Å². The van der Waals surface area contributed by atoms with Crippen molar-refractivity contribution in [3.63, 3.8) is 0 Å². The normalized spacial score (nSPS) is 18.5. The van der Waals surface area contributed by atoms with Crippen LogP contribution in [-0.4, -0.2) is 39.8 Å². The van der Waals surface area contributed by atoms with E-state index in [1.807, 2.05) is 58.3 Å². The van der Waals surface area contributed by atoms with Crippen LogP contribution in [0.4, 0.5) is 5.69 Å². The quantitative estimate of drug-likeness (QED) is 0.611. The smallest absolute Gasteiger partial charge is 0.227 e. The first-order chi connectivity index (χ1) is 15.6. The predicted octanol–water partition coefficient (Wildman–Crippen LogP) is 4.76. The first-order valence-corrected chi connectivity index (χ1v) is 11.5. The van der Waals surface area contributed by atoms with Gasteiger partial charge in [-0.3, -0.25) is 9.59 Å². The predicted molar refractivity (Wildman–Crippen MR) is 124 cm³/mol. The van der Waals surface area contributed by atoms with Crippen molar-refractivity contribution in [3.05, 3.63) is 71.1 Å². The second kappa shape index (κ2) is 8.79. The van der Waals surface area contributed by atoms with E-state index in [0.29, 0.717) is 17.9 Å². The van der Waals surface area contributed by atoms with Crippen LogP contribution in [0.2, 0.25) is 5.02 Å². The van der Waals surface area contributed by atoms with Gasteiger partial charge in [-0.15, -0.1) is 0 Å². The van der Waals surface area contributed by atoms with E-state index in [1.54, 1.807) is 6.20 Å². The second-order valence-corrected chi connectivity index (χ2v) is 8.81. The van der Waals surface area contributed by atoms with Gasteiger partial charge in [0.1, 0.15) is 5.82 Å². The Morgan fingerprint density at radius 2 is 1.91 bits per heavy atom. The summed E-state index contributed by atoms with van der Waals surface area (Å²) in [6.45, 7) is 1.50. The zero-order valence-electron chi connectivity index (χ0n) is 17.8. The molecule has 7 heteroatoms. The summed E-state index contributed by atoms with van der Waals surface area (Å²) < 4.78 is 0. The number of anilines is 1. The SMILES string of the molecule is O=C1CCCN1c1ccc(CC(=O)N2CCC[C@@H]2c2ncc(-c3ccccc3Cl)[nH]2)cc1. The second-order valence-electron chi connectivity index (χ2n) is 8.40. The fourth-order valence-electron chi connectivity index (χ4n) is 4.66. The van der Waals surface area contributed by atoms with Gasteiger partial charge in [0.15, 0.2) is 0 Å². The van der Waals surface area contributed by atoms with Crippen molar-refractivity contribution in [3.8, 4) is 11.3 Å². The van der Waals surface area contributed by atoms with Gasteiger partial charge in [0.25, 0.3) is 0 Å². The number of aromatic nitrogens is 2. The van der Waals surface area contributed by atoms with Crippen molar-refractivity contribution >= 4 is 29.1 Å². The molecule has 32 heavy (non-hydrogen) atoms. The number of hydrogen-bond donors (Lipinski definition) is 1. The molecule has 0 saturated carbocycles. The summed E-state index contributed by atoms with van der Waals surface area (Å²) in [6.07, 6.45) is 5.48. The van der Waals surface area contributed by atoms with Gasteiger partial charge in [0, 0.05) is 35.8 Å². The van der Waals surface area contributed by atoms with E-state index in [9.17, 15) is 9.59 Å². The average molecular weight is 449 g/mol. The number of aromatic amines is 1. The molecule has 164 valence electrons. The van der Waals surface area contributed by atoms with Crippen molar-refractivity contribution in [2.24, 2.45) is 0 Å². The molecular formula is C25H25ClN4O2. The largest absolute Gasteiger partial charge is 0.340 e. The maximum Gasteiger partial charge on any atom is 0.227 e. The van der Waals surface area contributed by atoms with Crippen LogP contribution in [0, 0.1) is 0 Å². The molecule has 0 unspecified atom stereocenters. The van der Waals surface area contributed by atoms with Crippen molar-refractivity contribution in [2.75, 3.05) is 18.0 Å². The number of H-pyrrole nitrogens is 1. The third-order valence-corrected chi connectivity index (χ3v) is 6.65. The third kappa shape index (κ3) is 4.02. The van der Waals surface area contributed by atoms with Crippen molar-refractivity contribution in [1.29, 1.82) is 0 Å². The molecule has 1 N–H and O–H groups in total. The Kier molecular flexibility index (Phi) is 5.70. The Hall–Kier alpha value is -3.12. The number of likely N-dealkylation sites (tertiary alicyclic amines) is 1. The Bertz CT molecular complexity index is 1140. The maximum atomic E-state index is 13.1. The van der Waals surface area contributed by atoms with Gasteiger partial charge in [-0.05, 0) is 43.0 Å². The molecule has 1 aromatic heterocycles. The van der Waals surface area contributed by atoms with Crippen LogP contribution in [0.15, 0.2) is 54.7 Å². The lowest BCUT2D eigenvalue weighted by molar-refractivity contribution is -0.131. The summed E-state index contributed by atoms with van der Waals surface area (Å²) in [5.74, 6) is 1.06. The first-order valence-electron chi connectivity index (χ1n) is 11.1. The number of halogens is 1. The topological polar surface area (TPSA) is 69.3 Å². The number of carbonyl (C=O) groups excluding carboxylic acids is 2. The number of nitrogens with one attached hydrogen (secondary N) is 1. The van der Waals surface area contributed by atoms with Crippen LogP contribution < -0.4 is 4.90 Å². The standard InChI is InChI=1S/C25H25ClN4O2/c26-20-6-2-1-5-19(20)21-16-27-25(28-21)22-7-3-14-30(22)24(32)15-17-9-11-18(12-10-17)29-13-4-8-23(29)31/h1-2,5-6,9-12,16,22H,3-4,7-8,13-15H2,(H,27,28)/t22-/m1/s1. The fraction of sp³-hybridized carbons (Fsp3) is 0.320. The minimum absolute atomic E-state index is 0.0553. The monoisotopic (exact) mass is 448 g/mol. The summed E-state index contributed by atoms with van der Waals surface area (Å²) in [4.78, 5) is 36.8. The molecule has 0 radical (unpaired) electrons. The van der Waals surface area contributed by atoms with Crippen molar-refractivity contribution in [1.82, 2.24) is 14.9 Å². The Morgan fingerprint density at radius 1 is 1.09 bits per heavy atom. The zero-order chi connectivity index (χ0) is 22.1. The molecule has 3 heterocycles. The molecule has 1 atom stereocenters. The number of nitrogens with zero attached hydrogens (tertiary/aromatic N) is 3. The number of amides is 2. The van der Waals surface area contributed by atoms with Gasteiger partial charge in [-0.2, -0.15) is 0 Å². The number of rotatable bonds is 5. The summed E-state index contributed by atoms with van der Waals surface area (Å²) in [5.41, 5.74) is 3.62. The Labute approximate surface area is 192 Å². The van der Waals surface area contributed by atoms with E-state index in [2.05, 4.69) is 9.97 Å². The van der Waals surface area contributed by atoms with Crippen LogP contribution >= 0.6 is 11.6 Å². The van der Waals surface area contributed by atoms with Gasteiger partial charge in [-0.25, -0.2) is 4.98 Å². The molecule has 6 nitrogen and oxygen atoms in total. The summed E-state index contributed by atoms with van der Waals surface area (Å²) in [6, 6.07) is 15.4. The van der Waals surface area contributed by atoms with E-state index < -0.39 is 0 Å². The van der Waals surface area contributed by atoms with E-state index in [0.717, 1.165) is 60.7 Å². The molecule has 0 aliphatic carbocycles. The molecule has 2 aliphatic rings. The number of carbonyl (C=O) groups is 2. The molecule has 2 fully saturated rings. The van der Waals surface area contributed by atoms with Crippen LogP contribution in [0.3, 0.4) is 0 Å². The van der Waals surface area contributed by atoms with Gasteiger partial charge < -0.3 is 14.8 Å². The van der Waals surface area contributed by atoms with E-state index in [1.165, 1.54) is 0 Å². The van der Waals surface area contributed by atoms with Crippen molar-refractivity contribution in [2.45, 2.75) is 38.1 Å². The summed E-state index contributed by atoms with van der Waals surface area (Å²) in [5, 5.41) is 0.668. The zero-order valence-corrected chi connectivity index (χ0v) is 18.5. The highest BCUT2D eigenvalue weighted by atomic mass is 35.5. The molecule has 0 spiro atoms. The van der Waals surface area contributed by atoms with Gasteiger partial charge in [0.2, 0.25) is 11.8 Å². The molecule has 3 aromatic rings. The molecule has 2 amide bonds. The van der Waals surface area contributed by atoms with Gasteiger partial charge >= 0.3 is 0 Å². The highest BCUT2D eigenvalue weighted by Gasteiger charge is 2.32. The van der Waals surface area contributed by atoms with Crippen LogP contribution in [0.1, 0.15) is 43.1 Å². The lowest BCUT2D eigenvalue weighted by atomic mass is 10.1. The summed E-state index contributed by atoms with van der Waals surface area (Å²) in [7, 11) is 0. The number of benzene rings is 2. The van der Waals surface area contributed by atoms with Gasteiger partial charge in [0.05, 0.1) is 24.4 Å². The summed E-state index contributed by atoms with van der Waals surface area (Å²) >= 11 is 6.32. The molecule has 5 rings (SSSR count). The molecule has 0 bridgehead atoms. The average Bonchev–Trinajstić information content (AvgIpc) is 3.55. The molecule has 2 aliphatic heterocycles. The molecule has 2 saturated heterocycles. The van der Waals surface area contributed by atoms with Gasteiger partial charge in [-0.1, -0.05) is 41.9 Å². The van der Waals surface area contributed by atoms with Crippen LogP contribution in [0.25, 0.3) is 11.3 Å². The Morgan fingerprint density at radius 3 is 2.66 bits per heavy atom. The third-order valence-electron chi connectivity index (χ3n) is 6.33. The minimum Gasteiger partial charge on any atom is -0.340 e. The molecule has 2 aromatic carbocycles. The lowest BCUT2D eigenvalue weighted by Crippen LogP contribution is -2.32. The van der Waals surface area contributed by atoms with E-state index in [-0.39, 0.29) is 17.9 Å².